The maximum atomic E-state index is 3.57. The summed E-state index contributed by atoms with van der Waals surface area (Å²) in [4.78, 5) is 2.46. The van der Waals surface area contributed by atoms with Crippen LogP contribution in [-0.2, 0) is 19.4 Å². The number of nitrogens with one attached hydrogen (secondary N) is 1. The maximum Gasteiger partial charge on any atom is 0.0231 e. The van der Waals surface area contributed by atoms with Crippen LogP contribution in [0.5, 0.6) is 0 Å². The normalized spacial score (nSPS) is 22.7. The van der Waals surface area contributed by atoms with Crippen LogP contribution in [-0.4, -0.2) is 31.1 Å². The van der Waals surface area contributed by atoms with Crippen LogP contribution in [0, 0.1) is 0 Å². The van der Waals surface area contributed by atoms with E-state index in [1.54, 1.807) is 11.1 Å². The highest BCUT2D eigenvalue weighted by Gasteiger charge is 2.16. The molecule has 1 unspecified atom stereocenters. The number of benzene rings is 1. The minimum Gasteiger partial charge on any atom is -0.313 e. The molecule has 1 N–H and O–H groups in total. The Morgan fingerprint density at radius 3 is 2.94 bits per heavy atom. The molecule has 0 amide bonds. The van der Waals surface area contributed by atoms with Crippen molar-refractivity contribution in [3.05, 3.63) is 34.9 Å². The van der Waals surface area contributed by atoms with Crippen molar-refractivity contribution in [1.29, 1.82) is 0 Å². The molecule has 2 nitrogen and oxygen atoms in total. The molecule has 0 radical (unpaired) electrons. The van der Waals surface area contributed by atoms with Gasteiger partial charge in [-0.1, -0.05) is 18.2 Å². The predicted molar refractivity (Wildman–Crippen MR) is 75.8 cm³/mol. The van der Waals surface area contributed by atoms with Crippen LogP contribution < -0.4 is 5.32 Å². The van der Waals surface area contributed by atoms with Gasteiger partial charge in [-0.2, -0.15) is 0 Å². The Balaban J connectivity index is 1.58. The van der Waals surface area contributed by atoms with Crippen molar-refractivity contribution in [3.8, 4) is 0 Å². The number of rotatable bonds is 4. The van der Waals surface area contributed by atoms with Gasteiger partial charge in [0.25, 0.3) is 0 Å². The molecule has 0 spiro atoms. The maximum absolute atomic E-state index is 3.57. The van der Waals surface area contributed by atoms with E-state index in [4.69, 9.17) is 0 Å². The molecule has 98 valence electrons. The van der Waals surface area contributed by atoms with E-state index in [1.807, 2.05) is 0 Å². The second kappa shape index (κ2) is 5.41. The van der Waals surface area contributed by atoms with E-state index in [1.165, 1.54) is 50.8 Å². The fourth-order valence-corrected chi connectivity index (χ4v) is 3.39. The number of hydrogen-bond donors (Lipinski definition) is 1. The summed E-state index contributed by atoms with van der Waals surface area (Å²) in [7, 11) is 2.24. The van der Waals surface area contributed by atoms with Crippen molar-refractivity contribution in [2.24, 2.45) is 0 Å². The van der Waals surface area contributed by atoms with E-state index in [0.29, 0.717) is 6.04 Å². The van der Waals surface area contributed by atoms with Gasteiger partial charge in [0.2, 0.25) is 0 Å². The Morgan fingerprint density at radius 1 is 1.22 bits per heavy atom. The molecule has 1 heterocycles. The van der Waals surface area contributed by atoms with Gasteiger partial charge in [-0.25, -0.2) is 0 Å². The summed E-state index contributed by atoms with van der Waals surface area (Å²) in [6, 6.07) is 7.81. The Morgan fingerprint density at radius 2 is 2.11 bits per heavy atom. The van der Waals surface area contributed by atoms with Crippen LogP contribution in [0.4, 0.5) is 0 Å². The SMILES string of the molecule is CN(Cc1ccc2c(c1)CCC2)CC1CCCN1. The molecule has 1 aromatic carbocycles. The molecule has 2 heteroatoms. The van der Waals surface area contributed by atoms with Crippen molar-refractivity contribution in [1.82, 2.24) is 10.2 Å². The third-order valence-electron chi connectivity index (χ3n) is 4.31. The second-order valence-electron chi connectivity index (χ2n) is 5.95. The van der Waals surface area contributed by atoms with Gasteiger partial charge in [-0.3, -0.25) is 0 Å². The molecule has 1 aliphatic heterocycles. The minimum absolute atomic E-state index is 0.712. The minimum atomic E-state index is 0.712. The standard InChI is InChI=1S/C16H24N2/c1-18(12-16-6-3-9-17-16)11-13-7-8-14-4-2-5-15(14)10-13/h7-8,10,16-17H,2-6,9,11-12H2,1H3. The van der Waals surface area contributed by atoms with E-state index < -0.39 is 0 Å². The van der Waals surface area contributed by atoms with Gasteiger partial charge < -0.3 is 10.2 Å². The summed E-state index contributed by atoms with van der Waals surface area (Å²) < 4.78 is 0. The van der Waals surface area contributed by atoms with E-state index in [9.17, 15) is 0 Å². The molecule has 1 aliphatic carbocycles. The van der Waals surface area contributed by atoms with Crippen molar-refractivity contribution in [2.75, 3.05) is 20.1 Å². The highest BCUT2D eigenvalue weighted by Crippen LogP contribution is 2.23. The second-order valence-corrected chi connectivity index (χ2v) is 5.95. The smallest absolute Gasteiger partial charge is 0.0231 e. The largest absolute Gasteiger partial charge is 0.313 e. The van der Waals surface area contributed by atoms with Gasteiger partial charge in [-0.15, -0.1) is 0 Å². The van der Waals surface area contributed by atoms with Crippen LogP contribution in [0.2, 0.25) is 0 Å². The fraction of sp³-hybridized carbons (Fsp3) is 0.625. The first-order chi connectivity index (χ1) is 8.81. The van der Waals surface area contributed by atoms with Crippen LogP contribution >= 0.6 is 0 Å². The van der Waals surface area contributed by atoms with Crippen LogP contribution in [0.3, 0.4) is 0 Å². The summed E-state index contributed by atoms with van der Waals surface area (Å²) in [5, 5.41) is 3.57. The number of likely N-dealkylation sites (N-methyl/N-ethyl adjacent to an activating group) is 1. The quantitative estimate of drug-likeness (QED) is 0.874. The average Bonchev–Trinajstić information content (AvgIpc) is 2.98. The van der Waals surface area contributed by atoms with Crippen LogP contribution in [0.15, 0.2) is 18.2 Å². The van der Waals surface area contributed by atoms with Gasteiger partial charge >= 0.3 is 0 Å². The van der Waals surface area contributed by atoms with Gasteiger partial charge in [0.1, 0.15) is 0 Å². The number of nitrogens with zero attached hydrogens (tertiary/aromatic N) is 1. The molecule has 0 aromatic heterocycles. The Bertz CT molecular complexity index is 408. The van der Waals surface area contributed by atoms with Gasteiger partial charge in [0.05, 0.1) is 0 Å². The third kappa shape index (κ3) is 2.76. The van der Waals surface area contributed by atoms with Crippen molar-refractivity contribution in [3.63, 3.8) is 0 Å². The average molecular weight is 244 g/mol. The number of hydrogen-bond acceptors (Lipinski definition) is 2. The van der Waals surface area contributed by atoms with Crippen molar-refractivity contribution >= 4 is 0 Å². The fourth-order valence-electron chi connectivity index (χ4n) is 3.39. The monoisotopic (exact) mass is 244 g/mol. The Kier molecular flexibility index (Phi) is 3.67. The molecule has 1 atom stereocenters. The number of aryl methyl sites for hydroxylation is 2. The van der Waals surface area contributed by atoms with Gasteiger partial charge in [-0.05, 0) is 62.4 Å². The van der Waals surface area contributed by atoms with E-state index in [-0.39, 0.29) is 0 Å². The molecule has 1 saturated heterocycles. The van der Waals surface area contributed by atoms with Gasteiger partial charge in [0, 0.05) is 19.1 Å². The molecule has 0 bridgehead atoms. The first kappa shape index (κ1) is 12.2. The zero-order valence-electron chi connectivity index (χ0n) is 11.4. The van der Waals surface area contributed by atoms with E-state index >= 15 is 0 Å². The summed E-state index contributed by atoms with van der Waals surface area (Å²) in [6.07, 6.45) is 6.61. The molecular weight excluding hydrogens is 220 g/mol. The van der Waals surface area contributed by atoms with E-state index in [0.717, 1.165) is 6.54 Å². The molecule has 0 saturated carbocycles. The van der Waals surface area contributed by atoms with Crippen LogP contribution in [0.1, 0.15) is 36.0 Å². The summed E-state index contributed by atoms with van der Waals surface area (Å²) in [6.45, 7) is 3.47. The lowest BCUT2D eigenvalue weighted by atomic mass is 10.1. The lowest BCUT2D eigenvalue weighted by Crippen LogP contribution is -2.34. The first-order valence-corrected chi connectivity index (χ1v) is 7.34. The molecule has 1 aromatic rings. The van der Waals surface area contributed by atoms with Crippen molar-refractivity contribution in [2.45, 2.75) is 44.7 Å². The summed E-state index contributed by atoms with van der Waals surface area (Å²) in [5.41, 5.74) is 4.66. The zero-order chi connectivity index (χ0) is 12.4. The van der Waals surface area contributed by atoms with Gasteiger partial charge in [0.15, 0.2) is 0 Å². The Labute approximate surface area is 110 Å². The molecule has 3 rings (SSSR count). The summed E-state index contributed by atoms with van der Waals surface area (Å²) in [5.74, 6) is 0. The lowest BCUT2D eigenvalue weighted by molar-refractivity contribution is 0.293. The zero-order valence-corrected chi connectivity index (χ0v) is 11.4. The van der Waals surface area contributed by atoms with Crippen LogP contribution in [0.25, 0.3) is 0 Å². The topological polar surface area (TPSA) is 15.3 Å². The van der Waals surface area contributed by atoms with E-state index in [2.05, 4.69) is 35.5 Å². The highest BCUT2D eigenvalue weighted by molar-refractivity contribution is 5.35. The predicted octanol–water partition coefficient (Wildman–Crippen LogP) is 2.36. The third-order valence-corrected chi connectivity index (χ3v) is 4.31. The van der Waals surface area contributed by atoms with Crippen molar-refractivity contribution < 1.29 is 0 Å². The number of fused-ring (bicyclic) bond motifs is 1. The summed E-state index contributed by atoms with van der Waals surface area (Å²) >= 11 is 0. The molecule has 2 aliphatic rings. The lowest BCUT2D eigenvalue weighted by Gasteiger charge is -2.21. The molecular formula is C16H24N2. The molecule has 1 fully saturated rings. The Hall–Kier alpha value is -0.860. The molecule has 18 heavy (non-hydrogen) atoms. The highest BCUT2D eigenvalue weighted by atomic mass is 15.1. The first-order valence-electron chi connectivity index (χ1n) is 7.34.